The summed E-state index contributed by atoms with van der Waals surface area (Å²) in [4.78, 5) is 0. The number of ether oxygens (including phenoxy) is 1. The normalized spacial score (nSPS) is 14.8. The molecule has 0 radical (unpaired) electrons. The highest BCUT2D eigenvalue weighted by molar-refractivity contribution is 9.10. The summed E-state index contributed by atoms with van der Waals surface area (Å²) in [6.07, 6.45) is 1.92. The molecule has 0 aliphatic rings. The van der Waals surface area contributed by atoms with Crippen molar-refractivity contribution in [3.63, 3.8) is 0 Å². The van der Waals surface area contributed by atoms with Gasteiger partial charge in [-0.05, 0) is 36.5 Å². The molecule has 0 saturated carbocycles. The Balaban J connectivity index is 2.42. The summed E-state index contributed by atoms with van der Waals surface area (Å²) in [5, 5.41) is 0. The average Bonchev–Trinajstić information content (AvgIpc) is 2.17. The molecular weight excluding hydrogens is 266 g/mol. The van der Waals surface area contributed by atoms with Crippen molar-refractivity contribution in [3.05, 3.63) is 34.3 Å². The van der Waals surface area contributed by atoms with Crippen LogP contribution in [0.2, 0.25) is 0 Å². The van der Waals surface area contributed by atoms with Gasteiger partial charge in [-0.2, -0.15) is 0 Å². The highest BCUT2D eigenvalue weighted by atomic mass is 79.9. The van der Waals surface area contributed by atoms with Crippen molar-refractivity contribution in [1.82, 2.24) is 0 Å². The smallest absolute Gasteiger partial charge is 0.0488 e. The van der Waals surface area contributed by atoms with Gasteiger partial charge in [0.05, 0.1) is 0 Å². The summed E-state index contributed by atoms with van der Waals surface area (Å²) < 4.78 is 6.22. The standard InChI is InChI=1S/C13H20BrNO/c1-10(9-16-2)6-13(15)8-11-4-3-5-12(14)7-11/h3-5,7,10,13H,6,8-9,15H2,1-2H3. The lowest BCUT2D eigenvalue weighted by molar-refractivity contribution is 0.152. The maximum absolute atomic E-state index is 6.12. The third kappa shape index (κ3) is 5.10. The van der Waals surface area contributed by atoms with Gasteiger partial charge in [0.2, 0.25) is 0 Å². The molecule has 0 aliphatic heterocycles. The first kappa shape index (κ1) is 13.7. The number of rotatable bonds is 6. The zero-order valence-electron chi connectivity index (χ0n) is 9.95. The van der Waals surface area contributed by atoms with Crippen molar-refractivity contribution in [3.8, 4) is 0 Å². The van der Waals surface area contributed by atoms with E-state index in [1.807, 2.05) is 12.1 Å². The molecular formula is C13H20BrNO. The fraction of sp³-hybridized carbons (Fsp3) is 0.538. The van der Waals surface area contributed by atoms with E-state index < -0.39 is 0 Å². The molecule has 0 bridgehead atoms. The second-order valence-electron chi connectivity index (χ2n) is 4.39. The first-order chi connectivity index (χ1) is 7.61. The Kier molecular flexibility index (Phi) is 6.03. The minimum atomic E-state index is 0.208. The van der Waals surface area contributed by atoms with E-state index in [1.165, 1.54) is 5.56 Å². The van der Waals surface area contributed by atoms with Crippen LogP contribution in [0.3, 0.4) is 0 Å². The van der Waals surface area contributed by atoms with Crippen LogP contribution < -0.4 is 5.73 Å². The van der Waals surface area contributed by atoms with E-state index in [-0.39, 0.29) is 6.04 Å². The van der Waals surface area contributed by atoms with Crippen LogP contribution in [0.15, 0.2) is 28.7 Å². The Bertz CT molecular complexity index is 317. The van der Waals surface area contributed by atoms with Crippen molar-refractivity contribution in [2.24, 2.45) is 11.7 Å². The Morgan fingerprint density at radius 3 is 2.81 bits per heavy atom. The van der Waals surface area contributed by atoms with E-state index >= 15 is 0 Å². The third-order valence-corrected chi connectivity index (χ3v) is 3.04. The van der Waals surface area contributed by atoms with Crippen molar-refractivity contribution in [2.45, 2.75) is 25.8 Å². The maximum atomic E-state index is 6.12. The van der Waals surface area contributed by atoms with Crippen molar-refractivity contribution in [1.29, 1.82) is 0 Å². The molecule has 1 aromatic rings. The van der Waals surface area contributed by atoms with Crippen LogP contribution in [0.1, 0.15) is 18.9 Å². The average molecular weight is 286 g/mol. The number of methoxy groups -OCH3 is 1. The second-order valence-corrected chi connectivity index (χ2v) is 5.31. The molecule has 2 atom stereocenters. The molecule has 2 nitrogen and oxygen atoms in total. The molecule has 0 amide bonds. The summed E-state index contributed by atoms with van der Waals surface area (Å²) in [6.45, 7) is 2.95. The molecule has 0 heterocycles. The van der Waals surface area contributed by atoms with Crippen molar-refractivity contribution < 1.29 is 4.74 Å². The molecule has 0 aliphatic carbocycles. The van der Waals surface area contributed by atoms with Gasteiger partial charge in [0, 0.05) is 24.2 Å². The van der Waals surface area contributed by atoms with Crippen molar-refractivity contribution in [2.75, 3.05) is 13.7 Å². The molecule has 90 valence electrons. The first-order valence-electron chi connectivity index (χ1n) is 5.60. The van der Waals surface area contributed by atoms with Gasteiger partial charge in [0.15, 0.2) is 0 Å². The second kappa shape index (κ2) is 7.05. The minimum absolute atomic E-state index is 0.208. The minimum Gasteiger partial charge on any atom is -0.384 e. The van der Waals surface area contributed by atoms with E-state index in [0.29, 0.717) is 5.92 Å². The summed E-state index contributed by atoms with van der Waals surface area (Å²) in [5.41, 5.74) is 7.40. The highest BCUT2D eigenvalue weighted by Crippen LogP contribution is 2.15. The van der Waals surface area contributed by atoms with E-state index in [0.717, 1.165) is 23.9 Å². The Morgan fingerprint density at radius 1 is 1.44 bits per heavy atom. The zero-order valence-corrected chi connectivity index (χ0v) is 11.5. The fourth-order valence-electron chi connectivity index (χ4n) is 1.92. The zero-order chi connectivity index (χ0) is 12.0. The molecule has 1 rings (SSSR count). The van der Waals surface area contributed by atoms with Crippen molar-refractivity contribution >= 4 is 15.9 Å². The number of benzene rings is 1. The van der Waals surface area contributed by atoms with Gasteiger partial charge in [-0.25, -0.2) is 0 Å². The van der Waals surface area contributed by atoms with Gasteiger partial charge in [0.25, 0.3) is 0 Å². The van der Waals surface area contributed by atoms with Crippen LogP contribution >= 0.6 is 15.9 Å². The molecule has 3 heteroatoms. The van der Waals surface area contributed by atoms with E-state index in [1.54, 1.807) is 7.11 Å². The lowest BCUT2D eigenvalue weighted by Gasteiger charge is -2.16. The van der Waals surface area contributed by atoms with Crippen LogP contribution in [0.25, 0.3) is 0 Å². The third-order valence-electron chi connectivity index (χ3n) is 2.54. The Morgan fingerprint density at radius 2 is 2.19 bits per heavy atom. The number of nitrogens with two attached hydrogens (primary N) is 1. The van der Waals surface area contributed by atoms with Crippen LogP contribution in [0.4, 0.5) is 0 Å². The highest BCUT2D eigenvalue weighted by Gasteiger charge is 2.09. The first-order valence-corrected chi connectivity index (χ1v) is 6.40. The lowest BCUT2D eigenvalue weighted by Crippen LogP contribution is -2.26. The summed E-state index contributed by atoms with van der Waals surface area (Å²) in [7, 11) is 1.73. The van der Waals surface area contributed by atoms with E-state index in [2.05, 4.69) is 35.0 Å². The predicted octanol–water partition coefficient (Wildman–Crippen LogP) is 2.99. The molecule has 0 spiro atoms. The maximum Gasteiger partial charge on any atom is 0.0488 e. The molecule has 0 fully saturated rings. The van der Waals surface area contributed by atoms with Gasteiger partial charge in [-0.15, -0.1) is 0 Å². The molecule has 16 heavy (non-hydrogen) atoms. The van der Waals surface area contributed by atoms with Gasteiger partial charge in [-0.1, -0.05) is 35.0 Å². The topological polar surface area (TPSA) is 35.2 Å². The molecule has 2 unspecified atom stereocenters. The molecule has 0 aromatic heterocycles. The molecule has 0 saturated heterocycles. The van der Waals surface area contributed by atoms with E-state index in [4.69, 9.17) is 10.5 Å². The summed E-state index contributed by atoms with van der Waals surface area (Å²) in [6, 6.07) is 8.53. The van der Waals surface area contributed by atoms with Gasteiger partial charge >= 0.3 is 0 Å². The Labute approximate surface area is 106 Å². The Hall–Kier alpha value is -0.380. The largest absolute Gasteiger partial charge is 0.384 e. The lowest BCUT2D eigenvalue weighted by atomic mass is 9.97. The predicted molar refractivity (Wildman–Crippen MR) is 71.5 cm³/mol. The van der Waals surface area contributed by atoms with Crippen LogP contribution in [0, 0.1) is 5.92 Å². The fourth-order valence-corrected chi connectivity index (χ4v) is 2.37. The van der Waals surface area contributed by atoms with E-state index in [9.17, 15) is 0 Å². The quantitative estimate of drug-likeness (QED) is 0.872. The van der Waals surface area contributed by atoms with Crippen LogP contribution in [-0.4, -0.2) is 19.8 Å². The van der Waals surface area contributed by atoms with Crippen LogP contribution in [0.5, 0.6) is 0 Å². The van der Waals surface area contributed by atoms with Gasteiger partial charge in [0.1, 0.15) is 0 Å². The molecule has 1 aromatic carbocycles. The summed E-state index contributed by atoms with van der Waals surface area (Å²) >= 11 is 3.47. The monoisotopic (exact) mass is 285 g/mol. The SMILES string of the molecule is COCC(C)CC(N)Cc1cccc(Br)c1. The number of hydrogen-bond acceptors (Lipinski definition) is 2. The van der Waals surface area contributed by atoms with Gasteiger partial charge in [-0.3, -0.25) is 0 Å². The number of halogens is 1. The van der Waals surface area contributed by atoms with Gasteiger partial charge < -0.3 is 10.5 Å². The van der Waals surface area contributed by atoms with Crippen LogP contribution in [-0.2, 0) is 11.2 Å². The molecule has 2 N–H and O–H groups in total. The summed E-state index contributed by atoms with van der Waals surface area (Å²) in [5.74, 6) is 0.521. The number of hydrogen-bond donors (Lipinski definition) is 1.